The predicted octanol–water partition coefficient (Wildman–Crippen LogP) is 4.22. The molecule has 0 spiro atoms. The Bertz CT molecular complexity index is 589. The summed E-state index contributed by atoms with van der Waals surface area (Å²) in [6, 6.07) is 7.70. The van der Waals surface area contributed by atoms with E-state index in [0.717, 1.165) is 23.9 Å². The van der Waals surface area contributed by atoms with Gasteiger partial charge in [-0.25, -0.2) is 4.98 Å². The lowest BCUT2D eigenvalue weighted by molar-refractivity contribution is 0.586. The average molecular weight is 272 g/mol. The quantitative estimate of drug-likeness (QED) is 0.731. The van der Waals surface area contributed by atoms with Crippen LogP contribution in [-0.4, -0.2) is 9.97 Å². The first kappa shape index (κ1) is 14.8. The lowest BCUT2D eigenvalue weighted by Gasteiger charge is -2.03. The third-order valence-electron chi connectivity index (χ3n) is 3.69. The van der Waals surface area contributed by atoms with Crippen molar-refractivity contribution < 1.29 is 0 Å². The predicted molar refractivity (Wildman–Crippen MR) is 84.1 cm³/mol. The molecule has 0 saturated heterocycles. The number of nitrogens with one attached hydrogen (secondary N) is 1. The van der Waals surface area contributed by atoms with Crippen molar-refractivity contribution in [3.63, 3.8) is 0 Å². The maximum atomic E-state index is 11.9. The second-order valence-corrected chi connectivity index (χ2v) is 5.40. The Hall–Kier alpha value is -1.64. The van der Waals surface area contributed by atoms with Gasteiger partial charge in [-0.05, 0) is 25.0 Å². The van der Waals surface area contributed by atoms with E-state index in [1.54, 1.807) is 0 Å². The number of rotatable bonds is 8. The number of fused-ring (bicyclic) bond motifs is 1. The molecule has 2 aromatic rings. The van der Waals surface area contributed by atoms with E-state index in [-0.39, 0.29) is 5.56 Å². The van der Waals surface area contributed by atoms with E-state index < -0.39 is 0 Å². The number of unbranched alkanes of at least 4 members (excludes halogenated alkanes) is 6. The van der Waals surface area contributed by atoms with Crippen molar-refractivity contribution >= 4 is 11.0 Å². The monoisotopic (exact) mass is 272 g/mol. The van der Waals surface area contributed by atoms with Crippen molar-refractivity contribution in [2.45, 2.75) is 58.3 Å². The van der Waals surface area contributed by atoms with Gasteiger partial charge in [0.05, 0.1) is 11.0 Å². The van der Waals surface area contributed by atoms with Gasteiger partial charge < -0.3 is 4.98 Å². The van der Waals surface area contributed by atoms with Crippen LogP contribution in [0.15, 0.2) is 29.1 Å². The summed E-state index contributed by atoms with van der Waals surface area (Å²) >= 11 is 0. The zero-order chi connectivity index (χ0) is 14.2. The Balaban J connectivity index is 1.84. The molecule has 1 aromatic carbocycles. The Kier molecular flexibility index (Phi) is 5.78. The van der Waals surface area contributed by atoms with Gasteiger partial charge in [0, 0.05) is 0 Å². The molecule has 0 atom stereocenters. The van der Waals surface area contributed by atoms with Crippen molar-refractivity contribution in [2.75, 3.05) is 0 Å². The molecular weight excluding hydrogens is 248 g/mol. The largest absolute Gasteiger partial charge is 0.319 e. The summed E-state index contributed by atoms with van der Waals surface area (Å²) in [4.78, 5) is 19.3. The molecular formula is C17H24N2O. The maximum absolute atomic E-state index is 11.9. The van der Waals surface area contributed by atoms with Crippen LogP contribution >= 0.6 is 0 Å². The van der Waals surface area contributed by atoms with E-state index in [1.165, 1.54) is 38.5 Å². The summed E-state index contributed by atoms with van der Waals surface area (Å²) in [5.41, 5.74) is 2.35. The van der Waals surface area contributed by atoms with Crippen LogP contribution in [0.3, 0.4) is 0 Å². The fourth-order valence-electron chi connectivity index (χ4n) is 2.49. The lowest BCUT2D eigenvalue weighted by atomic mass is 10.1. The summed E-state index contributed by atoms with van der Waals surface area (Å²) < 4.78 is 0. The molecule has 108 valence electrons. The molecule has 0 aliphatic rings. The normalized spacial score (nSPS) is 11.1. The number of benzene rings is 1. The number of aryl methyl sites for hydroxylation is 1. The molecule has 0 radical (unpaired) electrons. The highest BCUT2D eigenvalue weighted by Crippen LogP contribution is 2.10. The number of aromatic nitrogens is 2. The van der Waals surface area contributed by atoms with Crippen LogP contribution in [-0.2, 0) is 6.42 Å². The number of hydrogen-bond donors (Lipinski definition) is 1. The standard InChI is InChI=1S/C17H24N2O/c1-2-3-4-5-6-7-8-13-16-17(20)19-15-12-10-9-11-14(15)18-16/h9-12H,2-8,13H2,1H3,(H,19,20). The highest BCUT2D eigenvalue weighted by molar-refractivity contribution is 5.73. The van der Waals surface area contributed by atoms with Crippen LogP contribution < -0.4 is 5.56 Å². The van der Waals surface area contributed by atoms with Crippen LogP contribution in [0.5, 0.6) is 0 Å². The van der Waals surface area contributed by atoms with Crippen LogP contribution in [0.25, 0.3) is 11.0 Å². The number of para-hydroxylation sites is 2. The van der Waals surface area contributed by atoms with E-state index in [1.807, 2.05) is 24.3 Å². The first-order valence-corrected chi connectivity index (χ1v) is 7.79. The van der Waals surface area contributed by atoms with Gasteiger partial charge in [0.25, 0.3) is 5.56 Å². The molecule has 20 heavy (non-hydrogen) atoms. The Morgan fingerprint density at radius 3 is 2.50 bits per heavy atom. The van der Waals surface area contributed by atoms with E-state index in [0.29, 0.717) is 5.69 Å². The van der Waals surface area contributed by atoms with E-state index in [2.05, 4.69) is 16.9 Å². The van der Waals surface area contributed by atoms with E-state index in [4.69, 9.17) is 0 Å². The number of aromatic amines is 1. The molecule has 0 aliphatic carbocycles. The van der Waals surface area contributed by atoms with E-state index >= 15 is 0 Å². The molecule has 0 bridgehead atoms. The molecule has 1 N–H and O–H groups in total. The van der Waals surface area contributed by atoms with Crippen molar-refractivity contribution in [3.8, 4) is 0 Å². The molecule has 0 amide bonds. The third kappa shape index (κ3) is 4.19. The summed E-state index contributed by atoms with van der Waals surface area (Å²) in [6.07, 6.45) is 9.58. The molecule has 2 rings (SSSR count). The maximum Gasteiger partial charge on any atom is 0.270 e. The smallest absolute Gasteiger partial charge is 0.270 e. The van der Waals surface area contributed by atoms with Gasteiger partial charge >= 0.3 is 0 Å². The van der Waals surface area contributed by atoms with Gasteiger partial charge in [-0.2, -0.15) is 0 Å². The molecule has 3 heteroatoms. The highest BCUT2D eigenvalue weighted by Gasteiger charge is 2.04. The van der Waals surface area contributed by atoms with Crippen LogP contribution in [0.4, 0.5) is 0 Å². The molecule has 0 fully saturated rings. The highest BCUT2D eigenvalue weighted by atomic mass is 16.1. The summed E-state index contributed by atoms with van der Waals surface area (Å²) in [7, 11) is 0. The van der Waals surface area contributed by atoms with Gasteiger partial charge in [0.2, 0.25) is 0 Å². The Morgan fingerprint density at radius 1 is 1.00 bits per heavy atom. The molecule has 3 nitrogen and oxygen atoms in total. The zero-order valence-corrected chi connectivity index (χ0v) is 12.3. The minimum atomic E-state index is -0.0327. The van der Waals surface area contributed by atoms with E-state index in [9.17, 15) is 4.79 Å². The van der Waals surface area contributed by atoms with Crippen LogP contribution in [0, 0.1) is 0 Å². The number of nitrogens with zero attached hydrogens (tertiary/aromatic N) is 1. The number of H-pyrrole nitrogens is 1. The van der Waals surface area contributed by atoms with Gasteiger partial charge in [0.15, 0.2) is 0 Å². The molecule has 0 unspecified atom stereocenters. The summed E-state index contributed by atoms with van der Waals surface area (Å²) in [5, 5.41) is 0. The summed E-state index contributed by atoms with van der Waals surface area (Å²) in [5.74, 6) is 0. The average Bonchev–Trinajstić information content (AvgIpc) is 2.46. The van der Waals surface area contributed by atoms with Gasteiger partial charge in [-0.1, -0.05) is 57.6 Å². The zero-order valence-electron chi connectivity index (χ0n) is 12.3. The van der Waals surface area contributed by atoms with Gasteiger partial charge in [-0.3, -0.25) is 4.79 Å². The first-order chi connectivity index (χ1) is 9.81. The minimum Gasteiger partial charge on any atom is -0.319 e. The van der Waals surface area contributed by atoms with Crippen LogP contribution in [0.2, 0.25) is 0 Å². The van der Waals surface area contributed by atoms with Crippen molar-refractivity contribution in [1.29, 1.82) is 0 Å². The molecule has 0 aliphatic heterocycles. The van der Waals surface area contributed by atoms with Crippen molar-refractivity contribution in [2.24, 2.45) is 0 Å². The minimum absolute atomic E-state index is 0.0327. The Labute approximate surface area is 120 Å². The topological polar surface area (TPSA) is 45.8 Å². The first-order valence-electron chi connectivity index (χ1n) is 7.79. The van der Waals surface area contributed by atoms with Gasteiger partial charge in [0.1, 0.15) is 5.69 Å². The third-order valence-corrected chi connectivity index (χ3v) is 3.69. The SMILES string of the molecule is CCCCCCCCCc1nc2ccccc2[nH]c1=O. The fraction of sp³-hybridized carbons (Fsp3) is 0.529. The van der Waals surface area contributed by atoms with Gasteiger partial charge in [-0.15, -0.1) is 0 Å². The second-order valence-electron chi connectivity index (χ2n) is 5.40. The second kappa shape index (κ2) is 7.83. The lowest BCUT2D eigenvalue weighted by Crippen LogP contribution is -2.15. The fourth-order valence-corrected chi connectivity index (χ4v) is 2.49. The molecule has 1 heterocycles. The molecule has 1 aromatic heterocycles. The molecule has 0 saturated carbocycles. The number of hydrogen-bond acceptors (Lipinski definition) is 2. The van der Waals surface area contributed by atoms with Crippen molar-refractivity contribution in [1.82, 2.24) is 9.97 Å². The Morgan fingerprint density at radius 2 is 1.70 bits per heavy atom. The van der Waals surface area contributed by atoms with Crippen molar-refractivity contribution in [3.05, 3.63) is 40.3 Å². The summed E-state index contributed by atoms with van der Waals surface area (Å²) in [6.45, 7) is 2.23. The van der Waals surface area contributed by atoms with Crippen LogP contribution in [0.1, 0.15) is 57.6 Å².